The van der Waals surface area contributed by atoms with Crippen LogP contribution in [0.15, 0.2) is 29.3 Å². The number of rotatable bonds is 0. The van der Waals surface area contributed by atoms with Gasteiger partial charge in [-0.1, -0.05) is 22.5 Å². The molecule has 2 heterocycles. The molecule has 0 aliphatic carbocycles. The maximum atomic E-state index is 11.1. The van der Waals surface area contributed by atoms with Crippen molar-refractivity contribution < 1.29 is 14.6 Å². The number of nitrogens with zero attached hydrogens (tertiary/aromatic N) is 1. The number of hydrogen-bond acceptors (Lipinski definition) is 2. The van der Waals surface area contributed by atoms with E-state index in [0.717, 1.165) is 21.4 Å². The second-order valence-electron chi connectivity index (χ2n) is 4.95. The first-order valence-corrected chi connectivity index (χ1v) is 6.99. The minimum Gasteiger partial charge on any atom is -0.489 e. The molecule has 0 spiro atoms. The van der Waals surface area contributed by atoms with Gasteiger partial charge >= 0.3 is 6.09 Å². The third-order valence-electron chi connectivity index (χ3n) is 3.83. The third kappa shape index (κ3) is 2.12. The Bertz CT molecular complexity index is 558. The van der Waals surface area contributed by atoms with E-state index in [1.165, 1.54) is 4.90 Å². The molecule has 1 fully saturated rings. The van der Waals surface area contributed by atoms with Crippen molar-refractivity contribution in [1.29, 1.82) is 0 Å². The van der Waals surface area contributed by atoms with E-state index in [-0.39, 0.29) is 12.0 Å². The fourth-order valence-electron chi connectivity index (χ4n) is 2.80. The first-order chi connectivity index (χ1) is 9.06. The molecule has 2 unspecified atom stereocenters. The van der Waals surface area contributed by atoms with E-state index in [2.05, 4.69) is 22.5 Å². The molecule has 1 aromatic rings. The predicted molar refractivity (Wildman–Crippen MR) is 75.3 cm³/mol. The molecule has 1 N–H and O–H groups in total. The molecule has 1 saturated heterocycles. The Morgan fingerprint density at radius 1 is 1.53 bits per heavy atom. The number of piperidine rings is 1. The second kappa shape index (κ2) is 4.56. The highest BCUT2D eigenvalue weighted by Gasteiger charge is 2.38. The fraction of sp³-hybridized carbons (Fsp3) is 0.357. The predicted octanol–water partition coefficient (Wildman–Crippen LogP) is 3.22. The second-order valence-corrected chi connectivity index (χ2v) is 5.86. The van der Waals surface area contributed by atoms with Crippen LogP contribution in [0.1, 0.15) is 12.0 Å². The highest BCUT2D eigenvalue weighted by atomic mass is 79.9. The van der Waals surface area contributed by atoms with E-state index in [4.69, 9.17) is 9.84 Å². The van der Waals surface area contributed by atoms with Crippen molar-refractivity contribution in [3.63, 3.8) is 0 Å². The van der Waals surface area contributed by atoms with Gasteiger partial charge in [0.2, 0.25) is 0 Å². The molecule has 0 radical (unpaired) electrons. The van der Waals surface area contributed by atoms with Gasteiger partial charge in [0.25, 0.3) is 0 Å². The number of halogens is 1. The standard InChI is InChI=1S/C14H14BrNO3/c1-8-10-6-9(15)2-3-12(10)19-13-4-5-16(14(17)18)7-11(8)13/h2-3,6,11,13H,1,4-5,7H2,(H,17,18). The van der Waals surface area contributed by atoms with Gasteiger partial charge in [0.05, 0.1) is 0 Å². The van der Waals surface area contributed by atoms with Crippen LogP contribution in [0.5, 0.6) is 5.75 Å². The number of hydrogen-bond donors (Lipinski definition) is 1. The van der Waals surface area contributed by atoms with Crippen molar-refractivity contribution in [2.45, 2.75) is 12.5 Å². The van der Waals surface area contributed by atoms with Crippen LogP contribution in [0.4, 0.5) is 4.79 Å². The molecule has 19 heavy (non-hydrogen) atoms. The number of benzene rings is 1. The van der Waals surface area contributed by atoms with Crippen molar-refractivity contribution in [2.24, 2.45) is 5.92 Å². The van der Waals surface area contributed by atoms with Crippen molar-refractivity contribution >= 4 is 27.6 Å². The molecule has 2 aliphatic rings. The normalized spacial score (nSPS) is 25.3. The number of fused-ring (bicyclic) bond motifs is 2. The van der Waals surface area contributed by atoms with Gasteiger partial charge in [-0.25, -0.2) is 4.79 Å². The Morgan fingerprint density at radius 3 is 3.05 bits per heavy atom. The first-order valence-electron chi connectivity index (χ1n) is 6.19. The lowest BCUT2D eigenvalue weighted by Gasteiger charge is -2.41. The number of carboxylic acid groups (broad SMARTS) is 1. The molecule has 0 aromatic heterocycles. The molecular formula is C14H14BrNO3. The van der Waals surface area contributed by atoms with E-state index < -0.39 is 6.09 Å². The van der Waals surface area contributed by atoms with E-state index in [0.29, 0.717) is 19.5 Å². The molecule has 5 heteroatoms. The van der Waals surface area contributed by atoms with Gasteiger partial charge in [0.1, 0.15) is 11.9 Å². The minimum absolute atomic E-state index is 0.0387. The Morgan fingerprint density at radius 2 is 2.32 bits per heavy atom. The summed E-state index contributed by atoms with van der Waals surface area (Å²) in [6.45, 7) is 5.14. The number of amides is 1. The Labute approximate surface area is 119 Å². The molecule has 1 amide bonds. The molecule has 4 nitrogen and oxygen atoms in total. The highest BCUT2D eigenvalue weighted by molar-refractivity contribution is 9.10. The number of ether oxygens (including phenoxy) is 1. The maximum absolute atomic E-state index is 11.1. The van der Waals surface area contributed by atoms with Crippen molar-refractivity contribution in [1.82, 2.24) is 4.90 Å². The largest absolute Gasteiger partial charge is 0.489 e. The Balaban J connectivity index is 1.93. The van der Waals surface area contributed by atoms with E-state index in [9.17, 15) is 4.79 Å². The quantitative estimate of drug-likeness (QED) is 0.797. The van der Waals surface area contributed by atoms with Crippen molar-refractivity contribution in [3.05, 3.63) is 34.8 Å². The zero-order chi connectivity index (χ0) is 13.6. The lowest BCUT2D eigenvalue weighted by atomic mass is 9.82. The lowest BCUT2D eigenvalue weighted by Crippen LogP contribution is -2.49. The zero-order valence-corrected chi connectivity index (χ0v) is 11.9. The first kappa shape index (κ1) is 12.5. The van der Waals surface area contributed by atoms with Crippen LogP contribution in [0.3, 0.4) is 0 Å². The molecule has 0 bridgehead atoms. The maximum Gasteiger partial charge on any atom is 0.407 e. The van der Waals surface area contributed by atoms with E-state index >= 15 is 0 Å². The van der Waals surface area contributed by atoms with Crippen LogP contribution in [0, 0.1) is 5.92 Å². The topological polar surface area (TPSA) is 49.8 Å². The summed E-state index contributed by atoms with van der Waals surface area (Å²) in [6.07, 6.45) is -0.117. The van der Waals surface area contributed by atoms with Gasteiger partial charge in [-0.15, -0.1) is 0 Å². The van der Waals surface area contributed by atoms with E-state index in [1.807, 2.05) is 18.2 Å². The summed E-state index contributed by atoms with van der Waals surface area (Å²) in [6, 6.07) is 5.86. The minimum atomic E-state index is -0.869. The fourth-order valence-corrected chi connectivity index (χ4v) is 3.16. The zero-order valence-electron chi connectivity index (χ0n) is 10.3. The summed E-state index contributed by atoms with van der Waals surface area (Å²) in [5.74, 6) is 0.893. The highest BCUT2D eigenvalue weighted by Crippen LogP contribution is 2.42. The molecule has 100 valence electrons. The summed E-state index contributed by atoms with van der Waals surface area (Å²) >= 11 is 3.44. The van der Waals surface area contributed by atoms with Gasteiger partial charge < -0.3 is 14.7 Å². The smallest absolute Gasteiger partial charge is 0.407 e. The van der Waals surface area contributed by atoms with Crippen molar-refractivity contribution in [2.75, 3.05) is 13.1 Å². The van der Waals surface area contributed by atoms with Crippen LogP contribution in [-0.2, 0) is 0 Å². The average Bonchev–Trinajstić information content (AvgIpc) is 2.39. The molecule has 0 saturated carbocycles. The third-order valence-corrected chi connectivity index (χ3v) is 4.33. The molecule has 1 aromatic carbocycles. The summed E-state index contributed by atoms with van der Waals surface area (Å²) in [5.41, 5.74) is 1.95. The summed E-state index contributed by atoms with van der Waals surface area (Å²) in [4.78, 5) is 12.5. The van der Waals surface area contributed by atoms with Gasteiger partial charge in [0.15, 0.2) is 0 Å². The van der Waals surface area contributed by atoms with Gasteiger partial charge in [-0.2, -0.15) is 0 Å². The summed E-state index contributed by atoms with van der Waals surface area (Å²) in [7, 11) is 0. The molecular weight excluding hydrogens is 310 g/mol. The molecule has 2 atom stereocenters. The number of likely N-dealkylation sites (tertiary alicyclic amines) is 1. The van der Waals surface area contributed by atoms with Crippen molar-refractivity contribution in [3.8, 4) is 5.75 Å². The van der Waals surface area contributed by atoms with Crippen LogP contribution in [0.25, 0.3) is 5.57 Å². The Hall–Kier alpha value is -1.49. The van der Waals surface area contributed by atoms with Crippen LogP contribution >= 0.6 is 15.9 Å². The van der Waals surface area contributed by atoms with E-state index in [1.54, 1.807) is 0 Å². The number of carbonyl (C=O) groups is 1. The van der Waals surface area contributed by atoms with Crippen LogP contribution < -0.4 is 4.74 Å². The monoisotopic (exact) mass is 323 g/mol. The lowest BCUT2D eigenvalue weighted by molar-refractivity contribution is 0.0602. The van der Waals surface area contributed by atoms with Gasteiger partial charge in [0, 0.05) is 35.5 Å². The van der Waals surface area contributed by atoms with Gasteiger partial charge in [-0.05, 0) is 23.8 Å². The SMILES string of the molecule is C=C1c2cc(Br)ccc2OC2CCN(C(=O)O)CC12. The molecule has 2 aliphatic heterocycles. The summed E-state index contributed by atoms with van der Waals surface area (Å²) in [5, 5.41) is 9.10. The molecule has 3 rings (SSSR count). The van der Waals surface area contributed by atoms with Gasteiger partial charge in [-0.3, -0.25) is 0 Å². The summed E-state index contributed by atoms with van der Waals surface area (Å²) < 4.78 is 6.96. The van der Waals surface area contributed by atoms with Crippen LogP contribution in [-0.4, -0.2) is 35.3 Å². The Kier molecular flexibility index (Phi) is 3.01. The van der Waals surface area contributed by atoms with Crippen LogP contribution in [0.2, 0.25) is 0 Å². The average molecular weight is 324 g/mol.